The summed E-state index contributed by atoms with van der Waals surface area (Å²) >= 11 is 1.23. The number of H-pyrrole nitrogens is 1. The zero-order valence-electron chi connectivity index (χ0n) is 10.3. The molecule has 0 aliphatic heterocycles. The summed E-state index contributed by atoms with van der Waals surface area (Å²) in [4.78, 5) is 4.81. The average molecular weight is 299 g/mol. The highest BCUT2D eigenvalue weighted by Gasteiger charge is 2.17. The molecule has 2 rings (SSSR count). The number of aryl methyl sites for hydroxylation is 1. The number of hydrogen-bond donors (Lipinski definition) is 3. The lowest BCUT2D eigenvalue weighted by Crippen LogP contribution is -2.14. The Bertz CT molecular complexity index is 724. The van der Waals surface area contributed by atoms with Crippen LogP contribution in [0.15, 0.2) is 27.1 Å². The van der Waals surface area contributed by atoms with Crippen LogP contribution < -0.4 is 10.9 Å². The highest BCUT2D eigenvalue weighted by Crippen LogP contribution is 2.32. The van der Waals surface area contributed by atoms with E-state index in [1.54, 1.807) is 19.9 Å². The van der Waals surface area contributed by atoms with Crippen molar-refractivity contribution in [1.82, 2.24) is 15.2 Å². The van der Waals surface area contributed by atoms with E-state index >= 15 is 0 Å². The first-order valence-corrected chi connectivity index (χ1v) is 7.63. The van der Waals surface area contributed by atoms with Gasteiger partial charge in [0.25, 0.3) is 0 Å². The summed E-state index contributed by atoms with van der Waals surface area (Å²) in [7, 11) is -3.81. The van der Waals surface area contributed by atoms with Crippen LogP contribution in [0.4, 0.5) is 5.69 Å². The number of hydrogen-bond acceptors (Lipinski definition) is 6. The van der Waals surface area contributed by atoms with Crippen molar-refractivity contribution in [1.29, 1.82) is 0 Å². The van der Waals surface area contributed by atoms with E-state index in [0.29, 0.717) is 27.1 Å². The molecule has 0 unspecified atom stereocenters. The van der Waals surface area contributed by atoms with Crippen LogP contribution in [0.1, 0.15) is 11.4 Å². The fourth-order valence-corrected chi connectivity index (χ4v) is 3.38. The van der Waals surface area contributed by atoms with Crippen molar-refractivity contribution >= 4 is 27.5 Å². The molecular formula is C10H13N5O2S2. The zero-order chi connectivity index (χ0) is 14.2. The predicted molar refractivity (Wildman–Crippen MR) is 72.2 cm³/mol. The smallest absolute Gasteiger partial charge is 0.238 e. The summed E-state index contributed by atoms with van der Waals surface area (Å²) in [6.45, 7) is 3.44. The molecule has 1 aromatic carbocycles. The Labute approximate surface area is 114 Å². The van der Waals surface area contributed by atoms with Gasteiger partial charge in [-0.1, -0.05) is 0 Å². The van der Waals surface area contributed by atoms with Crippen LogP contribution in [0.3, 0.4) is 0 Å². The van der Waals surface area contributed by atoms with Crippen molar-refractivity contribution < 1.29 is 8.42 Å². The van der Waals surface area contributed by atoms with Crippen LogP contribution in [-0.4, -0.2) is 23.6 Å². The molecule has 0 saturated heterocycles. The van der Waals surface area contributed by atoms with E-state index in [4.69, 9.17) is 10.9 Å². The molecule has 9 heteroatoms. The van der Waals surface area contributed by atoms with E-state index in [0.717, 1.165) is 0 Å². The molecule has 0 spiro atoms. The molecular weight excluding hydrogens is 286 g/mol. The molecule has 0 radical (unpaired) electrons. The van der Waals surface area contributed by atoms with Gasteiger partial charge in [-0.2, -0.15) is 0 Å². The van der Waals surface area contributed by atoms with E-state index in [-0.39, 0.29) is 4.90 Å². The largest absolute Gasteiger partial charge is 0.399 e. The molecule has 0 aliphatic rings. The lowest BCUT2D eigenvalue weighted by Gasteiger charge is -2.09. The monoisotopic (exact) mass is 299 g/mol. The third kappa shape index (κ3) is 3.06. The van der Waals surface area contributed by atoms with Crippen LogP contribution in [0.5, 0.6) is 0 Å². The number of rotatable bonds is 3. The molecule has 5 N–H and O–H groups in total. The Morgan fingerprint density at radius 1 is 1.32 bits per heavy atom. The van der Waals surface area contributed by atoms with Gasteiger partial charge >= 0.3 is 0 Å². The minimum atomic E-state index is -3.81. The number of nitrogen functional groups attached to an aromatic ring is 1. The Hall–Kier alpha value is -1.58. The van der Waals surface area contributed by atoms with Crippen molar-refractivity contribution in [3.05, 3.63) is 23.5 Å². The van der Waals surface area contributed by atoms with Crippen molar-refractivity contribution in [3.8, 4) is 0 Å². The summed E-state index contributed by atoms with van der Waals surface area (Å²) in [5.74, 6) is 0.677. The summed E-state index contributed by atoms with van der Waals surface area (Å²) in [6.07, 6.45) is 0. The maximum absolute atomic E-state index is 11.5. The van der Waals surface area contributed by atoms with Crippen molar-refractivity contribution in [2.24, 2.45) is 5.14 Å². The summed E-state index contributed by atoms with van der Waals surface area (Å²) in [5.41, 5.74) is 6.56. The Balaban J connectivity index is 2.49. The van der Waals surface area contributed by atoms with Gasteiger partial charge in [0, 0.05) is 10.6 Å². The maximum Gasteiger partial charge on any atom is 0.238 e. The number of benzene rings is 1. The molecule has 0 atom stereocenters. The van der Waals surface area contributed by atoms with Crippen LogP contribution in [0.25, 0.3) is 0 Å². The first-order valence-electron chi connectivity index (χ1n) is 5.27. The quantitative estimate of drug-likeness (QED) is 0.719. The standard InChI is InChI=1S/C10H13N5O2S2/c1-5-8(18-10-13-6(2)14-15-10)3-7(11)4-9(5)19(12,16)17/h3-4H,11H2,1-2H3,(H2,12,16,17)(H,13,14,15). The van der Waals surface area contributed by atoms with Crippen molar-refractivity contribution in [2.45, 2.75) is 28.8 Å². The lowest BCUT2D eigenvalue weighted by molar-refractivity contribution is 0.597. The Morgan fingerprint density at radius 2 is 2.00 bits per heavy atom. The van der Waals surface area contributed by atoms with E-state index in [1.807, 2.05) is 0 Å². The number of sulfonamides is 1. The fraction of sp³-hybridized carbons (Fsp3) is 0.200. The molecule has 19 heavy (non-hydrogen) atoms. The number of aromatic amines is 1. The SMILES string of the molecule is Cc1nc(Sc2cc(N)cc(S(N)(=O)=O)c2C)n[nH]1. The molecule has 0 aliphatic carbocycles. The van der Waals surface area contributed by atoms with E-state index in [1.165, 1.54) is 17.8 Å². The summed E-state index contributed by atoms with van der Waals surface area (Å²) in [6, 6.07) is 3.01. The van der Waals surface area contributed by atoms with Gasteiger partial charge in [0.05, 0.1) is 4.90 Å². The number of anilines is 1. The molecule has 2 aromatic rings. The second-order valence-electron chi connectivity index (χ2n) is 3.99. The predicted octanol–water partition coefficient (Wildman–Crippen LogP) is 0.802. The van der Waals surface area contributed by atoms with Crippen LogP contribution in [0, 0.1) is 13.8 Å². The number of nitrogens with zero attached hydrogens (tertiary/aromatic N) is 2. The molecule has 0 bridgehead atoms. The number of nitrogens with one attached hydrogen (secondary N) is 1. The van der Waals surface area contributed by atoms with Crippen LogP contribution >= 0.6 is 11.8 Å². The van der Waals surface area contributed by atoms with Crippen molar-refractivity contribution in [3.63, 3.8) is 0 Å². The van der Waals surface area contributed by atoms with Gasteiger partial charge in [0.15, 0.2) is 0 Å². The molecule has 7 nitrogen and oxygen atoms in total. The van der Waals surface area contributed by atoms with E-state index < -0.39 is 10.0 Å². The van der Waals surface area contributed by atoms with Crippen LogP contribution in [-0.2, 0) is 10.0 Å². The zero-order valence-corrected chi connectivity index (χ0v) is 12.0. The minimum Gasteiger partial charge on any atom is -0.399 e. The van der Waals surface area contributed by atoms with Crippen LogP contribution in [0.2, 0.25) is 0 Å². The molecule has 102 valence electrons. The number of nitrogens with two attached hydrogens (primary N) is 2. The highest BCUT2D eigenvalue weighted by atomic mass is 32.2. The summed E-state index contributed by atoms with van der Waals surface area (Å²) < 4.78 is 23.0. The van der Waals surface area contributed by atoms with E-state index in [2.05, 4.69) is 15.2 Å². The molecule has 1 aromatic heterocycles. The third-order valence-electron chi connectivity index (χ3n) is 2.42. The minimum absolute atomic E-state index is 0.0160. The highest BCUT2D eigenvalue weighted by molar-refractivity contribution is 7.99. The second-order valence-corrected chi connectivity index (χ2v) is 6.53. The maximum atomic E-state index is 11.5. The van der Waals surface area contributed by atoms with Gasteiger partial charge in [-0.25, -0.2) is 18.5 Å². The molecule has 0 fully saturated rings. The normalized spacial score (nSPS) is 11.7. The van der Waals surface area contributed by atoms with E-state index in [9.17, 15) is 8.42 Å². The summed E-state index contributed by atoms with van der Waals surface area (Å²) in [5, 5.41) is 12.3. The Morgan fingerprint density at radius 3 is 2.53 bits per heavy atom. The third-order valence-corrected chi connectivity index (χ3v) is 4.47. The van der Waals surface area contributed by atoms with Gasteiger partial charge in [0.2, 0.25) is 15.2 Å². The van der Waals surface area contributed by atoms with Gasteiger partial charge in [-0.05, 0) is 43.3 Å². The topological polar surface area (TPSA) is 128 Å². The van der Waals surface area contributed by atoms with Gasteiger partial charge < -0.3 is 5.73 Å². The van der Waals surface area contributed by atoms with Crippen molar-refractivity contribution in [2.75, 3.05) is 5.73 Å². The first-order chi connectivity index (χ1) is 8.77. The second kappa shape index (κ2) is 4.83. The molecule has 0 saturated carbocycles. The molecule has 0 amide bonds. The first kappa shape index (κ1) is 13.8. The molecule has 1 heterocycles. The Kier molecular flexibility index (Phi) is 3.52. The fourth-order valence-electron chi connectivity index (χ4n) is 1.55. The number of primary sulfonamides is 1. The van der Waals surface area contributed by atoms with Gasteiger partial charge in [-0.3, -0.25) is 5.10 Å². The number of aromatic nitrogens is 3. The van der Waals surface area contributed by atoms with Gasteiger partial charge in [-0.15, -0.1) is 5.10 Å². The lowest BCUT2D eigenvalue weighted by atomic mass is 10.2. The van der Waals surface area contributed by atoms with Gasteiger partial charge in [0.1, 0.15) is 5.82 Å². The average Bonchev–Trinajstić information content (AvgIpc) is 2.67.